The third kappa shape index (κ3) is 6.54. The maximum atomic E-state index is 14.0. The first kappa shape index (κ1) is 27.0. The molecule has 1 aromatic carbocycles. The van der Waals surface area contributed by atoms with Gasteiger partial charge in [0.05, 0.1) is 22.6 Å². The monoisotopic (exact) mass is 563 g/mol. The number of ether oxygens (including phenoxy) is 2. The van der Waals surface area contributed by atoms with Crippen LogP contribution in [0.15, 0.2) is 16.6 Å². The van der Waals surface area contributed by atoms with Crippen molar-refractivity contribution in [1.29, 1.82) is 0 Å². The van der Waals surface area contributed by atoms with Gasteiger partial charge in [0.1, 0.15) is 18.2 Å². The number of carbonyl (C=O) groups is 1. The fourth-order valence-corrected chi connectivity index (χ4v) is 5.16. The number of amides is 1. The van der Waals surface area contributed by atoms with Crippen LogP contribution in [-0.2, 0) is 22.4 Å². The molecule has 1 aliphatic rings. The number of hydrogen-bond acceptors (Lipinski definition) is 4. The summed E-state index contributed by atoms with van der Waals surface area (Å²) in [5, 5.41) is 0. The van der Waals surface area contributed by atoms with Crippen molar-refractivity contribution < 1.29 is 27.4 Å². The molecule has 0 radical (unpaired) electrons. The number of imidazole rings is 1. The molecule has 2 aromatic rings. The molecule has 1 saturated heterocycles. The highest BCUT2D eigenvalue weighted by Crippen LogP contribution is 2.40. The van der Waals surface area contributed by atoms with E-state index in [2.05, 4.69) is 40.6 Å². The minimum Gasteiger partial charge on any atom is -0.444 e. The second-order valence-electron chi connectivity index (χ2n) is 10.9. The van der Waals surface area contributed by atoms with Crippen molar-refractivity contribution in [3.63, 3.8) is 0 Å². The predicted octanol–water partition coefficient (Wildman–Crippen LogP) is 7.20. The summed E-state index contributed by atoms with van der Waals surface area (Å²) in [6.45, 7) is 12.8. The maximum Gasteiger partial charge on any atom is 0.418 e. The number of hydrogen-bond donors (Lipinski definition) is 0. The molecular formula is C23H33BrF3N3O3Si. The number of alkyl halides is 3. The Morgan fingerprint density at radius 1 is 1.24 bits per heavy atom. The summed E-state index contributed by atoms with van der Waals surface area (Å²) in [6.07, 6.45) is -3.78. The van der Waals surface area contributed by atoms with E-state index in [9.17, 15) is 18.0 Å². The first-order valence-electron chi connectivity index (χ1n) is 11.4. The third-order valence-electron chi connectivity index (χ3n) is 5.54. The summed E-state index contributed by atoms with van der Waals surface area (Å²) in [7, 11) is -1.37. The van der Waals surface area contributed by atoms with Gasteiger partial charge in [0.2, 0.25) is 0 Å². The van der Waals surface area contributed by atoms with Gasteiger partial charge >= 0.3 is 12.3 Å². The number of likely N-dealkylation sites (tertiary alicyclic amines) is 1. The van der Waals surface area contributed by atoms with E-state index >= 15 is 0 Å². The molecule has 0 bridgehead atoms. The Kier molecular flexibility index (Phi) is 7.79. The number of rotatable bonds is 6. The number of carbonyl (C=O) groups excluding carboxylic acids is 1. The van der Waals surface area contributed by atoms with Crippen molar-refractivity contribution in [1.82, 2.24) is 14.5 Å². The first-order valence-corrected chi connectivity index (χ1v) is 15.9. The van der Waals surface area contributed by atoms with Crippen LogP contribution in [0.3, 0.4) is 0 Å². The van der Waals surface area contributed by atoms with Crippen molar-refractivity contribution in [3.05, 3.63) is 28.0 Å². The lowest BCUT2D eigenvalue weighted by Gasteiger charge is -2.28. The van der Waals surface area contributed by atoms with E-state index in [1.165, 1.54) is 4.57 Å². The van der Waals surface area contributed by atoms with E-state index in [4.69, 9.17) is 9.47 Å². The van der Waals surface area contributed by atoms with Crippen LogP contribution < -0.4 is 0 Å². The number of benzene rings is 1. The smallest absolute Gasteiger partial charge is 0.418 e. The zero-order valence-electron chi connectivity index (χ0n) is 20.6. The summed E-state index contributed by atoms with van der Waals surface area (Å²) in [5.41, 5.74) is -1.29. The molecule has 1 unspecified atom stereocenters. The van der Waals surface area contributed by atoms with Gasteiger partial charge < -0.3 is 14.0 Å². The van der Waals surface area contributed by atoms with Crippen molar-refractivity contribution in [2.45, 2.75) is 83.8 Å². The van der Waals surface area contributed by atoms with E-state index in [0.717, 1.165) is 12.1 Å². The number of halogens is 4. The lowest BCUT2D eigenvalue weighted by Crippen LogP contribution is -2.37. The van der Waals surface area contributed by atoms with E-state index < -0.39 is 37.5 Å². The molecule has 0 saturated carbocycles. The molecule has 0 N–H and O–H groups in total. The Hall–Kier alpha value is -1.59. The van der Waals surface area contributed by atoms with E-state index in [0.29, 0.717) is 36.3 Å². The molecular weight excluding hydrogens is 531 g/mol. The fourth-order valence-electron chi connectivity index (χ4n) is 3.96. The molecule has 3 rings (SSSR count). The van der Waals surface area contributed by atoms with Crippen LogP contribution in [0, 0.1) is 0 Å². The molecule has 0 aliphatic carbocycles. The molecule has 1 atom stereocenters. The predicted molar refractivity (Wildman–Crippen MR) is 131 cm³/mol. The molecule has 11 heteroatoms. The zero-order chi connectivity index (χ0) is 25.5. The third-order valence-corrected chi connectivity index (χ3v) is 7.70. The SMILES string of the molecule is CC(C)(C)OC(=O)N1CCCC1c1nc2cc(Br)cc(C(F)(F)F)c2n1COCC[Si](C)(C)C. The Morgan fingerprint density at radius 3 is 2.50 bits per heavy atom. The Bertz CT molecular complexity index is 1040. The standard InChI is InChI=1S/C23H33BrF3N3O3Si/c1-22(2,3)33-21(31)29-9-7-8-18(29)20-28-17-13-15(24)12-16(23(25,26)27)19(17)30(20)14-32-10-11-34(4,5)6/h12-13,18H,7-11,14H2,1-6H3. The van der Waals surface area contributed by atoms with Crippen molar-refractivity contribution >= 4 is 41.1 Å². The number of fused-ring (bicyclic) bond motifs is 1. The fraction of sp³-hybridized carbons (Fsp3) is 0.652. The maximum absolute atomic E-state index is 14.0. The van der Waals surface area contributed by atoms with Crippen LogP contribution in [0.4, 0.5) is 18.0 Å². The summed E-state index contributed by atoms with van der Waals surface area (Å²) >= 11 is 3.19. The highest BCUT2D eigenvalue weighted by molar-refractivity contribution is 9.10. The van der Waals surface area contributed by atoms with Crippen LogP contribution in [0.2, 0.25) is 25.7 Å². The molecule has 1 aromatic heterocycles. The first-order chi connectivity index (χ1) is 15.6. The Morgan fingerprint density at radius 2 is 1.91 bits per heavy atom. The van der Waals surface area contributed by atoms with Gasteiger partial charge in [-0.3, -0.25) is 4.90 Å². The molecule has 1 amide bonds. The lowest BCUT2D eigenvalue weighted by molar-refractivity contribution is -0.136. The van der Waals surface area contributed by atoms with E-state index in [1.807, 2.05) is 0 Å². The molecule has 2 heterocycles. The minimum absolute atomic E-state index is 0.0326. The van der Waals surface area contributed by atoms with Crippen LogP contribution in [0.5, 0.6) is 0 Å². The van der Waals surface area contributed by atoms with Crippen LogP contribution in [0.1, 0.15) is 51.0 Å². The number of nitrogens with zero attached hydrogens (tertiary/aromatic N) is 3. The van der Waals surface area contributed by atoms with Gasteiger partial charge in [-0.2, -0.15) is 13.2 Å². The normalized spacial score (nSPS) is 17.6. The van der Waals surface area contributed by atoms with Crippen molar-refractivity contribution in [2.24, 2.45) is 0 Å². The number of aromatic nitrogens is 2. The molecule has 1 fully saturated rings. The minimum atomic E-state index is -4.57. The zero-order valence-corrected chi connectivity index (χ0v) is 23.1. The van der Waals surface area contributed by atoms with Crippen molar-refractivity contribution in [2.75, 3.05) is 13.2 Å². The molecule has 0 spiro atoms. The summed E-state index contributed by atoms with van der Waals surface area (Å²) < 4.78 is 55.3. The molecule has 34 heavy (non-hydrogen) atoms. The lowest BCUT2D eigenvalue weighted by atomic mass is 10.1. The van der Waals surface area contributed by atoms with Crippen molar-refractivity contribution in [3.8, 4) is 0 Å². The van der Waals surface area contributed by atoms with Gasteiger partial charge in [0, 0.05) is 25.7 Å². The topological polar surface area (TPSA) is 56.6 Å². The van der Waals surface area contributed by atoms with Crippen LogP contribution in [0.25, 0.3) is 11.0 Å². The van der Waals surface area contributed by atoms with Gasteiger partial charge in [-0.15, -0.1) is 0 Å². The Labute approximate surface area is 207 Å². The molecule has 6 nitrogen and oxygen atoms in total. The molecule has 190 valence electrons. The highest BCUT2D eigenvalue weighted by Gasteiger charge is 2.39. The van der Waals surface area contributed by atoms with Gasteiger partial charge in [0.25, 0.3) is 0 Å². The summed E-state index contributed by atoms with van der Waals surface area (Å²) in [4.78, 5) is 19.0. The van der Waals surface area contributed by atoms with Crippen LogP contribution >= 0.6 is 15.9 Å². The largest absolute Gasteiger partial charge is 0.444 e. The van der Waals surface area contributed by atoms with Gasteiger partial charge in [-0.1, -0.05) is 35.6 Å². The highest BCUT2D eigenvalue weighted by atomic mass is 79.9. The quantitative estimate of drug-likeness (QED) is 0.275. The summed E-state index contributed by atoms with van der Waals surface area (Å²) in [5.74, 6) is 0.384. The van der Waals surface area contributed by atoms with Gasteiger partial charge in [0.15, 0.2) is 0 Å². The average molecular weight is 565 g/mol. The second-order valence-corrected chi connectivity index (χ2v) is 17.4. The average Bonchev–Trinajstić information content (AvgIpc) is 3.26. The van der Waals surface area contributed by atoms with Gasteiger partial charge in [-0.05, 0) is 51.8 Å². The summed E-state index contributed by atoms with van der Waals surface area (Å²) in [6, 6.07) is 3.02. The van der Waals surface area contributed by atoms with E-state index in [-0.39, 0.29) is 17.8 Å². The Balaban J connectivity index is 2.06. The molecule has 1 aliphatic heterocycles. The van der Waals surface area contributed by atoms with Gasteiger partial charge in [-0.25, -0.2) is 9.78 Å². The van der Waals surface area contributed by atoms with Crippen LogP contribution in [-0.4, -0.2) is 47.4 Å². The second kappa shape index (κ2) is 9.81. The van der Waals surface area contributed by atoms with E-state index in [1.54, 1.807) is 31.7 Å².